The monoisotopic (exact) mass is 487 g/mol. The van der Waals surface area contributed by atoms with E-state index in [0.717, 1.165) is 12.0 Å². The molecular weight excluding hydrogens is 458 g/mol. The second kappa shape index (κ2) is 11.0. The number of ketones is 1. The third-order valence-corrected chi connectivity index (χ3v) is 6.14. The van der Waals surface area contributed by atoms with Crippen molar-refractivity contribution in [2.24, 2.45) is 0 Å². The average molecular weight is 488 g/mol. The van der Waals surface area contributed by atoms with Gasteiger partial charge in [0.05, 0.1) is 25.3 Å². The van der Waals surface area contributed by atoms with Crippen LogP contribution in [0.4, 0.5) is 0 Å². The van der Waals surface area contributed by atoms with E-state index in [1.165, 1.54) is 18.1 Å². The number of rotatable bonds is 9. The molecule has 0 spiro atoms. The van der Waals surface area contributed by atoms with E-state index in [4.69, 9.17) is 9.47 Å². The van der Waals surface area contributed by atoms with Gasteiger partial charge in [0.25, 0.3) is 11.7 Å². The number of benzene rings is 3. The van der Waals surface area contributed by atoms with Gasteiger partial charge in [0.15, 0.2) is 11.5 Å². The Kier molecular flexibility index (Phi) is 7.59. The quantitative estimate of drug-likeness (QED) is 0.254. The lowest BCUT2D eigenvalue weighted by Gasteiger charge is -2.26. The molecule has 0 aromatic heterocycles. The van der Waals surface area contributed by atoms with E-state index in [2.05, 4.69) is 0 Å². The maximum atomic E-state index is 13.2. The number of Topliss-reactive ketones (excluding diaryl/α,β-unsaturated/α-hetero) is 1. The molecule has 1 atom stereocenters. The van der Waals surface area contributed by atoms with E-state index in [1.807, 2.05) is 37.3 Å². The molecular formula is C29H29NO6. The molecule has 0 saturated carbocycles. The number of phenols is 1. The van der Waals surface area contributed by atoms with Crippen LogP contribution in [0.3, 0.4) is 0 Å². The number of aliphatic hydroxyl groups is 1. The van der Waals surface area contributed by atoms with Crippen molar-refractivity contribution in [1.29, 1.82) is 0 Å². The van der Waals surface area contributed by atoms with E-state index in [0.29, 0.717) is 29.9 Å². The predicted octanol–water partition coefficient (Wildman–Crippen LogP) is 4.85. The number of aliphatic hydroxyl groups excluding tert-OH is 1. The Hall–Kier alpha value is -4.26. The number of carbonyl (C=O) groups excluding carboxylic acids is 2. The van der Waals surface area contributed by atoms with E-state index >= 15 is 0 Å². The fourth-order valence-corrected chi connectivity index (χ4v) is 4.30. The Bertz CT molecular complexity index is 1270. The molecule has 186 valence electrons. The molecule has 3 aromatic carbocycles. The molecule has 1 unspecified atom stereocenters. The Labute approximate surface area is 210 Å². The van der Waals surface area contributed by atoms with Gasteiger partial charge in [-0.05, 0) is 60.4 Å². The van der Waals surface area contributed by atoms with Gasteiger partial charge in [0.1, 0.15) is 11.5 Å². The van der Waals surface area contributed by atoms with Crippen molar-refractivity contribution in [2.75, 3.05) is 20.3 Å². The van der Waals surface area contributed by atoms with Gasteiger partial charge in [-0.25, -0.2) is 0 Å². The molecule has 1 amide bonds. The number of phenolic OH excluding ortho intramolecular Hbond substituents is 1. The number of aromatic hydroxyl groups is 1. The Morgan fingerprint density at radius 3 is 2.39 bits per heavy atom. The van der Waals surface area contributed by atoms with Crippen molar-refractivity contribution in [2.45, 2.75) is 25.8 Å². The summed E-state index contributed by atoms with van der Waals surface area (Å²) in [7, 11) is 1.42. The van der Waals surface area contributed by atoms with Crippen LogP contribution >= 0.6 is 0 Å². The summed E-state index contributed by atoms with van der Waals surface area (Å²) in [6.07, 6.45) is 1.40. The molecule has 1 aliphatic rings. The highest BCUT2D eigenvalue weighted by Gasteiger charge is 2.46. The van der Waals surface area contributed by atoms with Crippen LogP contribution in [0.1, 0.15) is 36.1 Å². The number of amides is 1. The van der Waals surface area contributed by atoms with Crippen molar-refractivity contribution >= 4 is 17.4 Å². The number of ether oxygens (including phenoxy) is 2. The summed E-state index contributed by atoms with van der Waals surface area (Å²) in [6, 6.07) is 20.2. The summed E-state index contributed by atoms with van der Waals surface area (Å²) in [6.45, 7) is 2.85. The zero-order chi connectivity index (χ0) is 25.7. The van der Waals surface area contributed by atoms with E-state index < -0.39 is 17.7 Å². The van der Waals surface area contributed by atoms with Crippen LogP contribution in [-0.2, 0) is 16.0 Å². The first-order valence-corrected chi connectivity index (χ1v) is 11.9. The van der Waals surface area contributed by atoms with Crippen molar-refractivity contribution in [3.05, 3.63) is 95.1 Å². The third kappa shape index (κ3) is 5.05. The summed E-state index contributed by atoms with van der Waals surface area (Å²) in [5.74, 6) is -0.925. The van der Waals surface area contributed by atoms with Crippen molar-refractivity contribution in [1.82, 2.24) is 4.90 Å². The number of hydrogen-bond acceptors (Lipinski definition) is 6. The minimum Gasteiger partial charge on any atom is -0.507 e. The van der Waals surface area contributed by atoms with Gasteiger partial charge in [-0.15, -0.1) is 0 Å². The van der Waals surface area contributed by atoms with Crippen LogP contribution in [-0.4, -0.2) is 47.1 Å². The zero-order valence-corrected chi connectivity index (χ0v) is 20.3. The molecule has 1 saturated heterocycles. The minimum absolute atomic E-state index is 0.0111. The summed E-state index contributed by atoms with van der Waals surface area (Å²) in [4.78, 5) is 27.9. The van der Waals surface area contributed by atoms with Gasteiger partial charge in [-0.1, -0.05) is 43.3 Å². The Morgan fingerprint density at radius 2 is 1.72 bits per heavy atom. The molecule has 3 aromatic rings. The molecule has 7 nitrogen and oxygen atoms in total. The van der Waals surface area contributed by atoms with Gasteiger partial charge in [0.2, 0.25) is 0 Å². The second-order valence-corrected chi connectivity index (χ2v) is 8.53. The highest BCUT2D eigenvalue weighted by molar-refractivity contribution is 6.46. The van der Waals surface area contributed by atoms with Crippen molar-refractivity contribution < 1.29 is 29.3 Å². The second-order valence-electron chi connectivity index (χ2n) is 8.53. The van der Waals surface area contributed by atoms with Gasteiger partial charge >= 0.3 is 0 Å². The SMILES string of the molecule is CCCOc1ccc(C(O)=C2C(=O)C(=O)N(CCc3ccccc3)C2c2ccc(O)c(OC)c2)cc1. The maximum absolute atomic E-state index is 13.2. The third-order valence-electron chi connectivity index (χ3n) is 6.14. The summed E-state index contributed by atoms with van der Waals surface area (Å²) in [5, 5.41) is 21.3. The lowest BCUT2D eigenvalue weighted by atomic mass is 9.94. The van der Waals surface area contributed by atoms with Gasteiger partial charge in [-0.2, -0.15) is 0 Å². The minimum atomic E-state index is -0.848. The first-order valence-electron chi connectivity index (χ1n) is 11.9. The zero-order valence-electron chi connectivity index (χ0n) is 20.3. The summed E-state index contributed by atoms with van der Waals surface area (Å²) < 4.78 is 10.9. The smallest absolute Gasteiger partial charge is 0.295 e. The lowest BCUT2D eigenvalue weighted by molar-refractivity contribution is -0.139. The van der Waals surface area contributed by atoms with Crippen LogP contribution in [0.2, 0.25) is 0 Å². The highest BCUT2D eigenvalue weighted by atomic mass is 16.5. The standard InChI is InChI=1S/C29H29NO6/c1-3-17-36-22-12-9-20(10-13-22)27(32)25-26(21-11-14-23(31)24(18-21)35-2)30(29(34)28(25)33)16-15-19-7-5-4-6-8-19/h4-14,18,26,31-32H,3,15-17H2,1-2H3. The van der Waals surface area contributed by atoms with Gasteiger partial charge < -0.3 is 24.6 Å². The van der Waals surface area contributed by atoms with Gasteiger partial charge in [0, 0.05) is 12.1 Å². The molecule has 1 fully saturated rings. The van der Waals surface area contributed by atoms with Gasteiger partial charge in [-0.3, -0.25) is 9.59 Å². The molecule has 7 heteroatoms. The van der Waals surface area contributed by atoms with E-state index in [-0.39, 0.29) is 29.4 Å². The molecule has 0 aliphatic carbocycles. The normalized spacial score (nSPS) is 16.8. The summed E-state index contributed by atoms with van der Waals surface area (Å²) in [5.41, 5.74) is 1.95. The first kappa shape index (κ1) is 24.9. The Morgan fingerprint density at radius 1 is 1.00 bits per heavy atom. The molecule has 1 aliphatic heterocycles. The lowest BCUT2D eigenvalue weighted by Crippen LogP contribution is -2.31. The van der Waals surface area contributed by atoms with Crippen molar-refractivity contribution in [3.8, 4) is 17.2 Å². The van der Waals surface area contributed by atoms with Crippen LogP contribution in [0.25, 0.3) is 5.76 Å². The molecule has 36 heavy (non-hydrogen) atoms. The molecule has 0 radical (unpaired) electrons. The summed E-state index contributed by atoms with van der Waals surface area (Å²) >= 11 is 0. The van der Waals surface area contributed by atoms with Crippen LogP contribution in [0.15, 0.2) is 78.4 Å². The fourth-order valence-electron chi connectivity index (χ4n) is 4.30. The van der Waals surface area contributed by atoms with Crippen LogP contribution < -0.4 is 9.47 Å². The molecule has 1 heterocycles. The fraction of sp³-hybridized carbons (Fsp3) is 0.241. The number of likely N-dealkylation sites (tertiary alicyclic amines) is 1. The first-order chi connectivity index (χ1) is 17.4. The van der Waals surface area contributed by atoms with Crippen molar-refractivity contribution in [3.63, 3.8) is 0 Å². The average Bonchev–Trinajstić information content (AvgIpc) is 3.16. The highest BCUT2D eigenvalue weighted by Crippen LogP contribution is 2.42. The topological polar surface area (TPSA) is 96.3 Å². The molecule has 2 N–H and O–H groups in total. The van der Waals surface area contributed by atoms with E-state index in [1.54, 1.807) is 36.4 Å². The largest absolute Gasteiger partial charge is 0.507 e. The Balaban J connectivity index is 1.76. The number of nitrogens with zero attached hydrogens (tertiary/aromatic N) is 1. The predicted molar refractivity (Wildman–Crippen MR) is 136 cm³/mol. The van der Waals surface area contributed by atoms with Crippen LogP contribution in [0, 0.1) is 0 Å². The molecule has 4 rings (SSSR count). The number of methoxy groups -OCH3 is 1. The maximum Gasteiger partial charge on any atom is 0.295 e. The van der Waals surface area contributed by atoms with Crippen LogP contribution in [0.5, 0.6) is 17.2 Å². The van der Waals surface area contributed by atoms with E-state index in [9.17, 15) is 19.8 Å². The molecule has 0 bridgehead atoms. The number of carbonyl (C=O) groups is 2. The number of hydrogen-bond donors (Lipinski definition) is 2.